The zero-order valence-electron chi connectivity index (χ0n) is 18.8. The van der Waals surface area contributed by atoms with Crippen LogP contribution in [0.2, 0.25) is 0 Å². The molecule has 33 heavy (non-hydrogen) atoms. The van der Waals surface area contributed by atoms with Crippen LogP contribution in [0.25, 0.3) is 10.6 Å². The number of amides is 2. The van der Waals surface area contributed by atoms with Crippen LogP contribution < -0.4 is 9.80 Å². The standard InChI is InChI=1S/C24H24N4O2.2ClH.Ti/c1-17(29)27(3)21-13-9-19(10-14-21)25-23-7-5-6-8-24(23)26-20-11-15-22(16-12-20)28(4)18(2)30;;;/h5-16H,1-4H3;2*1H;/q-2;;;+2/p-2. The van der Waals surface area contributed by atoms with E-state index in [1.807, 2.05) is 72.8 Å². The van der Waals surface area contributed by atoms with Crippen LogP contribution in [-0.2, 0) is 26.6 Å². The summed E-state index contributed by atoms with van der Waals surface area (Å²) < 4.78 is 0. The van der Waals surface area contributed by atoms with Crippen molar-refractivity contribution in [3.05, 3.63) is 83.4 Å². The van der Waals surface area contributed by atoms with Crippen molar-refractivity contribution >= 4 is 64.5 Å². The van der Waals surface area contributed by atoms with E-state index in [2.05, 4.69) is 0 Å². The van der Waals surface area contributed by atoms with Crippen molar-refractivity contribution in [1.82, 2.24) is 0 Å². The first-order valence-corrected chi connectivity index (χ1v) is 14.2. The fourth-order valence-corrected chi connectivity index (χ4v) is 2.80. The van der Waals surface area contributed by atoms with E-state index in [9.17, 15) is 9.59 Å². The molecule has 0 saturated heterocycles. The molecule has 0 fully saturated rings. The number of carbonyl (C=O) groups excluding carboxylic acids is 2. The Hall–Kier alpha value is -2.51. The number of nitrogens with zero attached hydrogens (tertiary/aromatic N) is 4. The van der Waals surface area contributed by atoms with Crippen molar-refractivity contribution < 1.29 is 26.6 Å². The SMILES string of the molecule is CC(=O)N(C)c1ccc([N-]c2ccccc2[N-]c2ccc(N(C)C(C)=O)cc2)cc1.[Cl][Ti][Cl]. The van der Waals surface area contributed by atoms with Crippen LogP contribution in [0.4, 0.5) is 34.1 Å². The van der Waals surface area contributed by atoms with Crippen LogP contribution in [0.15, 0.2) is 72.8 Å². The molecule has 2 amide bonds. The third kappa shape index (κ3) is 8.09. The Labute approximate surface area is 211 Å². The number of anilines is 2. The Morgan fingerprint density at radius 2 is 0.970 bits per heavy atom. The molecule has 0 radical (unpaired) electrons. The van der Waals surface area contributed by atoms with Gasteiger partial charge in [-0.25, -0.2) is 0 Å². The van der Waals surface area contributed by atoms with Gasteiger partial charge in [0.05, 0.1) is 0 Å². The summed E-state index contributed by atoms with van der Waals surface area (Å²) in [6.45, 7) is 3.06. The molecule has 3 aromatic rings. The molecule has 0 spiro atoms. The van der Waals surface area contributed by atoms with Gasteiger partial charge >= 0.3 is 35.6 Å². The number of hydrogen-bond donors (Lipinski definition) is 0. The minimum atomic E-state index is -0.556. The summed E-state index contributed by atoms with van der Waals surface area (Å²) in [6, 6.07) is 22.6. The van der Waals surface area contributed by atoms with Crippen LogP contribution >= 0.6 is 18.6 Å². The molecule has 3 aromatic carbocycles. The second kappa shape index (κ2) is 13.3. The zero-order valence-corrected chi connectivity index (χ0v) is 21.9. The van der Waals surface area contributed by atoms with Gasteiger partial charge in [-0.2, -0.15) is 11.4 Å². The number of para-hydroxylation sites is 2. The second-order valence-electron chi connectivity index (χ2n) is 6.97. The molecule has 0 bridgehead atoms. The van der Waals surface area contributed by atoms with Crippen LogP contribution in [0.1, 0.15) is 13.8 Å². The summed E-state index contributed by atoms with van der Waals surface area (Å²) in [5.74, 6) is -0.0475. The molecule has 172 valence electrons. The van der Waals surface area contributed by atoms with Crippen molar-refractivity contribution in [3.8, 4) is 0 Å². The maximum absolute atomic E-state index is 11.5. The summed E-state index contributed by atoms with van der Waals surface area (Å²) in [5.41, 5.74) is 4.67. The van der Waals surface area contributed by atoms with Crippen LogP contribution in [0, 0.1) is 0 Å². The van der Waals surface area contributed by atoms with Crippen molar-refractivity contribution in [2.24, 2.45) is 0 Å². The topological polar surface area (TPSA) is 68.8 Å². The van der Waals surface area contributed by atoms with E-state index in [0.717, 1.165) is 34.1 Å². The minimum absolute atomic E-state index is 0.0238. The van der Waals surface area contributed by atoms with Crippen molar-refractivity contribution in [2.75, 3.05) is 23.9 Å². The molecule has 0 aliphatic carbocycles. The third-order valence-electron chi connectivity index (χ3n) is 4.80. The number of halogens is 2. The molecule has 0 atom stereocenters. The molecular weight excluding hydrogens is 495 g/mol. The van der Waals surface area contributed by atoms with E-state index in [4.69, 9.17) is 29.2 Å². The van der Waals surface area contributed by atoms with Gasteiger partial charge in [-0.1, -0.05) is 48.5 Å². The van der Waals surface area contributed by atoms with Gasteiger partial charge in [0.15, 0.2) is 0 Å². The Morgan fingerprint density at radius 1 is 0.667 bits per heavy atom. The van der Waals surface area contributed by atoms with Crippen LogP contribution in [0.3, 0.4) is 0 Å². The van der Waals surface area contributed by atoms with Gasteiger partial charge in [-0.15, -0.1) is 11.4 Å². The first kappa shape index (κ1) is 26.7. The van der Waals surface area contributed by atoms with Gasteiger partial charge in [0.25, 0.3) is 0 Å². The monoisotopic (exact) mass is 518 g/mol. The Bertz CT molecular complexity index is 978. The first-order chi connectivity index (χ1) is 15.8. The van der Waals surface area contributed by atoms with E-state index in [1.54, 1.807) is 23.9 Å². The zero-order chi connectivity index (χ0) is 24.4. The van der Waals surface area contributed by atoms with E-state index in [0.29, 0.717) is 0 Å². The fourth-order valence-electron chi connectivity index (χ4n) is 2.80. The van der Waals surface area contributed by atoms with E-state index in [1.165, 1.54) is 13.8 Å². The number of benzene rings is 3. The van der Waals surface area contributed by atoms with Gasteiger partial charge in [-0.05, 0) is 24.3 Å². The average molecular weight is 519 g/mol. The van der Waals surface area contributed by atoms with Gasteiger partial charge in [-0.3, -0.25) is 9.59 Å². The summed E-state index contributed by atoms with van der Waals surface area (Å²) in [7, 11) is 13.3. The number of hydrogen-bond acceptors (Lipinski definition) is 2. The Kier molecular flexibility index (Phi) is 10.7. The van der Waals surface area contributed by atoms with Gasteiger partial charge in [0.2, 0.25) is 11.8 Å². The van der Waals surface area contributed by atoms with E-state index >= 15 is 0 Å². The average Bonchev–Trinajstić information content (AvgIpc) is 2.81. The number of rotatable bonds is 6. The molecule has 6 nitrogen and oxygen atoms in total. The van der Waals surface area contributed by atoms with E-state index in [-0.39, 0.29) is 11.8 Å². The molecule has 0 aliphatic heterocycles. The van der Waals surface area contributed by atoms with Gasteiger partial charge in [0, 0.05) is 39.3 Å². The van der Waals surface area contributed by atoms with Gasteiger partial charge in [0.1, 0.15) is 0 Å². The van der Waals surface area contributed by atoms with Crippen molar-refractivity contribution in [3.63, 3.8) is 0 Å². The summed E-state index contributed by atoms with van der Waals surface area (Å²) in [5, 5.41) is 9.40. The Balaban J connectivity index is 0.00000122. The molecule has 0 heterocycles. The molecule has 3 rings (SSSR count). The first-order valence-electron chi connectivity index (χ1n) is 9.94. The normalized spacial score (nSPS) is 9.76. The summed E-state index contributed by atoms with van der Waals surface area (Å²) >= 11 is -0.556. The van der Waals surface area contributed by atoms with E-state index < -0.39 is 17.0 Å². The molecule has 9 heteroatoms. The molecule has 0 aliphatic rings. The van der Waals surface area contributed by atoms with Gasteiger partial charge < -0.3 is 20.4 Å². The Morgan fingerprint density at radius 3 is 1.24 bits per heavy atom. The summed E-state index contributed by atoms with van der Waals surface area (Å²) in [4.78, 5) is 26.2. The predicted molar refractivity (Wildman–Crippen MR) is 135 cm³/mol. The molecule has 0 saturated carbocycles. The molecule has 0 unspecified atom stereocenters. The second-order valence-corrected chi connectivity index (χ2v) is 9.55. The molecular formula is C24H24Cl2N4O2Ti-2. The third-order valence-corrected chi connectivity index (χ3v) is 4.80. The quantitative estimate of drug-likeness (QED) is 0.313. The van der Waals surface area contributed by atoms with Crippen LogP contribution in [0.5, 0.6) is 0 Å². The predicted octanol–water partition coefficient (Wildman–Crippen LogP) is 7.70. The van der Waals surface area contributed by atoms with Crippen LogP contribution in [-0.4, -0.2) is 25.9 Å². The number of carbonyl (C=O) groups is 2. The molecule has 0 N–H and O–H groups in total. The maximum atomic E-state index is 11.5. The molecule has 0 aromatic heterocycles. The fraction of sp³-hybridized carbons (Fsp3) is 0.167. The summed E-state index contributed by atoms with van der Waals surface area (Å²) in [6.07, 6.45) is 0. The van der Waals surface area contributed by atoms with Crippen molar-refractivity contribution in [1.29, 1.82) is 0 Å². The van der Waals surface area contributed by atoms with Crippen molar-refractivity contribution in [2.45, 2.75) is 13.8 Å².